The first-order chi connectivity index (χ1) is 11.7. The number of piperazine rings is 1. The number of carbonyl (C=O) groups excluding carboxylic acids is 1. The lowest BCUT2D eigenvalue weighted by atomic mass is 10.1. The van der Waals surface area contributed by atoms with Gasteiger partial charge in [-0.25, -0.2) is 0 Å². The van der Waals surface area contributed by atoms with Crippen molar-refractivity contribution in [2.75, 3.05) is 50.5 Å². The van der Waals surface area contributed by atoms with Crippen LogP contribution in [0.1, 0.15) is 10.4 Å². The number of para-hydroxylation sites is 1. The Morgan fingerprint density at radius 1 is 1.08 bits per heavy atom. The zero-order chi connectivity index (χ0) is 16.9. The summed E-state index contributed by atoms with van der Waals surface area (Å²) < 4.78 is 5.13. The number of carbonyl (C=O) groups is 1. The summed E-state index contributed by atoms with van der Waals surface area (Å²) in [6.07, 6.45) is 0. The molecule has 0 atom stereocenters. The molecule has 0 amide bonds. The van der Waals surface area contributed by atoms with E-state index in [9.17, 15) is 4.79 Å². The maximum absolute atomic E-state index is 12.5. The summed E-state index contributed by atoms with van der Waals surface area (Å²) in [5.74, 6) is 0.695. The fourth-order valence-electron chi connectivity index (χ4n) is 3.01. The Bertz CT molecular complexity index is 695. The minimum Gasteiger partial charge on any atom is -0.495 e. The second-order valence-electron chi connectivity index (χ2n) is 5.98. The van der Waals surface area contributed by atoms with Crippen LogP contribution in [0.2, 0.25) is 0 Å². The molecule has 126 valence electrons. The SMILES string of the molecule is COc1ccc(C(=O)CN2CCN(c3ccccc3)CC2)cc1N. The molecule has 0 unspecified atom stereocenters. The third-order valence-electron chi connectivity index (χ3n) is 4.41. The van der Waals surface area contributed by atoms with E-state index in [0.29, 0.717) is 23.5 Å². The van der Waals surface area contributed by atoms with Gasteiger partial charge in [-0.3, -0.25) is 9.69 Å². The highest BCUT2D eigenvalue weighted by Crippen LogP contribution is 2.22. The molecule has 1 fully saturated rings. The van der Waals surface area contributed by atoms with Crippen LogP contribution >= 0.6 is 0 Å². The molecular weight excluding hydrogens is 302 g/mol. The van der Waals surface area contributed by atoms with Gasteiger partial charge in [-0.2, -0.15) is 0 Å². The van der Waals surface area contributed by atoms with Gasteiger partial charge in [-0.1, -0.05) is 18.2 Å². The highest BCUT2D eigenvalue weighted by Gasteiger charge is 2.20. The zero-order valence-electron chi connectivity index (χ0n) is 13.9. The summed E-state index contributed by atoms with van der Waals surface area (Å²) in [5.41, 5.74) is 8.27. The van der Waals surface area contributed by atoms with E-state index in [0.717, 1.165) is 26.2 Å². The number of hydrogen-bond acceptors (Lipinski definition) is 5. The van der Waals surface area contributed by atoms with Crippen molar-refractivity contribution in [2.24, 2.45) is 0 Å². The van der Waals surface area contributed by atoms with E-state index >= 15 is 0 Å². The maximum Gasteiger partial charge on any atom is 0.176 e. The average molecular weight is 325 g/mol. The smallest absolute Gasteiger partial charge is 0.176 e. The number of nitrogens with two attached hydrogens (primary N) is 1. The van der Waals surface area contributed by atoms with Crippen LogP contribution in [0.3, 0.4) is 0 Å². The Kier molecular flexibility index (Phi) is 5.01. The third-order valence-corrected chi connectivity index (χ3v) is 4.41. The van der Waals surface area contributed by atoms with Crippen LogP contribution in [0.25, 0.3) is 0 Å². The fraction of sp³-hybridized carbons (Fsp3) is 0.316. The van der Waals surface area contributed by atoms with Gasteiger partial charge in [0, 0.05) is 37.4 Å². The zero-order valence-corrected chi connectivity index (χ0v) is 13.9. The standard InChI is InChI=1S/C19H23N3O2/c1-24-19-8-7-15(13-17(19)20)18(23)14-21-9-11-22(12-10-21)16-5-3-2-4-6-16/h2-8,13H,9-12,14,20H2,1H3. The number of benzene rings is 2. The number of nitrogens with zero attached hydrogens (tertiary/aromatic N) is 2. The Balaban J connectivity index is 1.56. The molecule has 0 aliphatic carbocycles. The van der Waals surface area contributed by atoms with Gasteiger partial charge in [-0.15, -0.1) is 0 Å². The number of rotatable bonds is 5. The van der Waals surface area contributed by atoms with Crippen molar-refractivity contribution >= 4 is 17.2 Å². The molecule has 0 saturated carbocycles. The molecule has 1 aliphatic heterocycles. The molecular formula is C19H23N3O2. The fourth-order valence-corrected chi connectivity index (χ4v) is 3.01. The number of nitrogen functional groups attached to an aromatic ring is 1. The molecule has 24 heavy (non-hydrogen) atoms. The topological polar surface area (TPSA) is 58.8 Å². The molecule has 0 spiro atoms. The monoisotopic (exact) mass is 325 g/mol. The molecule has 5 nitrogen and oxygen atoms in total. The number of hydrogen-bond donors (Lipinski definition) is 1. The maximum atomic E-state index is 12.5. The molecule has 1 saturated heterocycles. The quantitative estimate of drug-likeness (QED) is 0.675. The van der Waals surface area contributed by atoms with Gasteiger partial charge in [0.1, 0.15) is 5.75 Å². The molecule has 3 rings (SSSR count). The number of Topliss-reactive ketones (excluding diaryl/α,β-unsaturated/α-hetero) is 1. The predicted octanol–water partition coefficient (Wildman–Crippen LogP) is 2.28. The lowest BCUT2D eigenvalue weighted by molar-refractivity contribution is 0.0926. The molecule has 0 bridgehead atoms. The van der Waals surface area contributed by atoms with Crippen molar-refractivity contribution in [1.29, 1.82) is 0 Å². The summed E-state index contributed by atoms with van der Waals surface area (Å²) in [7, 11) is 1.57. The van der Waals surface area contributed by atoms with Crippen molar-refractivity contribution in [3.05, 3.63) is 54.1 Å². The molecule has 2 aromatic rings. The average Bonchev–Trinajstić information content (AvgIpc) is 2.63. The van der Waals surface area contributed by atoms with Crippen LogP contribution in [0.15, 0.2) is 48.5 Å². The van der Waals surface area contributed by atoms with Crippen molar-refractivity contribution in [1.82, 2.24) is 4.90 Å². The Labute approximate surface area is 142 Å². The first kappa shape index (κ1) is 16.3. The number of ether oxygens (including phenoxy) is 1. The predicted molar refractivity (Wildman–Crippen MR) is 96.8 cm³/mol. The van der Waals surface area contributed by atoms with E-state index in [1.165, 1.54) is 5.69 Å². The molecule has 1 aliphatic rings. The van der Waals surface area contributed by atoms with Crippen molar-refractivity contribution in [3.63, 3.8) is 0 Å². The van der Waals surface area contributed by atoms with E-state index in [2.05, 4.69) is 34.1 Å². The number of ketones is 1. The van der Waals surface area contributed by atoms with Crippen LogP contribution in [-0.4, -0.2) is 50.5 Å². The van der Waals surface area contributed by atoms with Gasteiger partial charge in [0.15, 0.2) is 5.78 Å². The summed E-state index contributed by atoms with van der Waals surface area (Å²) in [6, 6.07) is 15.6. The van der Waals surface area contributed by atoms with Crippen LogP contribution in [-0.2, 0) is 0 Å². The van der Waals surface area contributed by atoms with Gasteiger partial charge in [0.25, 0.3) is 0 Å². The molecule has 0 radical (unpaired) electrons. The summed E-state index contributed by atoms with van der Waals surface area (Å²) in [5, 5.41) is 0. The Morgan fingerprint density at radius 2 is 1.79 bits per heavy atom. The van der Waals surface area contributed by atoms with Crippen molar-refractivity contribution in [2.45, 2.75) is 0 Å². The van der Waals surface area contributed by atoms with E-state index < -0.39 is 0 Å². The second-order valence-corrected chi connectivity index (χ2v) is 5.98. The molecule has 2 N–H and O–H groups in total. The first-order valence-electron chi connectivity index (χ1n) is 8.16. The van der Waals surface area contributed by atoms with Crippen LogP contribution in [0.4, 0.5) is 11.4 Å². The summed E-state index contributed by atoms with van der Waals surface area (Å²) in [6.45, 7) is 4.05. The minimum atomic E-state index is 0.0949. The molecule has 2 aromatic carbocycles. The van der Waals surface area contributed by atoms with Gasteiger partial charge in [-0.05, 0) is 30.3 Å². The van der Waals surface area contributed by atoms with Crippen molar-refractivity contribution in [3.8, 4) is 5.75 Å². The largest absolute Gasteiger partial charge is 0.495 e. The van der Waals surface area contributed by atoms with E-state index in [4.69, 9.17) is 10.5 Å². The highest BCUT2D eigenvalue weighted by atomic mass is 16.5. The third kappa shape index (κ3) is 3.68. The van der Waals surface area contributed by atoms with E-state index in [1.807, 2.05) is 6.07 Å². The molecule has 5 heteroatoms. The van der Waals surface area contributed by atoms with Gasteiger partial charge in [0.05, 0.1) is 19.3 Å². The Hall–Kier alpha value is -2.53. The lowest BCUT2D eigenvalue weighted by Gasteiger charge is -2.35. The van der Waals surface area contributed by atoms with E-state index in [-0.39, 0.29) is 5.78 Å². The van der Waals surface area contributed by atoms with Gasteiger partial charge >= 0.3 is 0 Å². The van der Waals surface area contributed by atoms with Crippen LogP contribution in [0.5, 0.6) is 5.75 Å². The number of methoxy groups -OCH3 is 1. The van der Waals surface area contributed by atoms with E-state index in [1.54, 1.807) is 25.3 Å². The normalized spacial score (nSPS) is 15.3. The Morgan fingerprint density at radius 3 is 2.42 bits per heavy atom. The van der Waals surface area contributed by atoms with Gasteiger partial charge < -0.3 is 15.4 Å². The lowest BCUT2D eigenvalue weighted by Crippen LogP contribution is -2.48. The first-order valence-corrected chi connectivity index (χ1v) is 8.16. The second kappa shape index (κ2) is 7.36. The summed E-state index contributed by atoms with van der Waals surface area (Å²) in [4.78, 5) is 17.0. The summed E-state index contributed by atoms with van der Waals surface area (Å²) >= 11 is 0. The van der Waals surface area contributed by atoms with Crippen molar-refractivity contribution < 1.29 is 9.53 Å². The minimum absolute atomic E-state index is 0.0949. The molecule has 1 heterocycles. The molecule has 0 aromatic heterocycles. The highest BCUT2D eigenvalue weighted by molar-refractivity contribution is 5.98. The van der Waals surface area contributed by atoms with Crippen LogP contribution < -0.4 is 15.4 Å². The van der Waals surface area contributed by atoms with Gasteiger partial charge in [0.2, 0.25) is 0 Å². The van der Waals surface area contributed by atoms with Crippen LogP contribution in [0, 0.1) is 0 Å². The number of anilines is 2.